The minimum Gasteiger partial charge on any atom is -0.481 e. The van der Waals surface area contributed by atoms with Crippen molar-refractivity contribution in [2.75, 3.05) is 19.7 Å². The molecule has 6 nitrogen and oxygen atoms in total. The lowest BCUT2D eigenvalue weighted by atomic mass is 10.2. The number of aliphatic carboxylic acids is 1. The maximum Gasteiger partial charge on any atom is 0.305 e. The molecule has 2 heterocycles. The van der Waals surface area contributed by atoms with Gasteiger partial charge in [0.05, 0.1) is 18.8 Å². The van der Waals surface area contributed by atoms with Gasteiger partial charge >= 0.3 is 5.97 Å². The Labute approximate surface area is 110 Å². The summed E-state index contributed by atoms with van der Waals surface area (Å²) in [5.41, 5.74) is 0. The van der Waals surface area contributed by atoms with Gasteiger partial charge in [-0.3, -0.25) is 9.59 Å². The number of ether oxygens (including phenoxy) is 1. The fourth-order valence-corrected chi connectivity index (χ4v) is 2.10. The van der Waals surface area contributed by atoms with Crippen molar-refractivity contribution in [3.05, 3.63) is 24.2 Å². The Morgan fingerprint density at radius 3 is 2.89 bits per heavy atom. The molecule has 0 radical (unpaired) electrons. The lowest BCUT2D eigenvalue weighted by Crippen LogP contribution is -2.38. The Morgan fingerprint density at radius 2 is 2.32 bits per heavy atom. The summed E-state index contributed by atoms with van der Waals surface area (Å²) in [6, 6.07) is 3.21. The van der Waals surface area contributed by atoms with E-state index in [1.165, 1.54) is 11.2 Å². The van der Waals surface area contributed by atoms with Gasteiger partial charge in [0.1, 0.15) is 0 Å². The van der Waals surface area contributed by atoms with Gasteiger partial charge in [0.2, 0.25) is 0 Å². The van der Waals surface area contributed by atoms with Crippen molar-refractivity contribution in [1.29, 1.82) is 0 Å². The number of hydrogen-bond acceptors (Lipinski definition) is 4. The number of rotatable bonds is 6. The molecular formula is C13H17NO5. The topological polar surface area (TPSA) is 80.0 Å². The summed E-state index contributed by atoms with van der Waals surface area (Å²) in [7, 11) is 0. The Morgan fingerprint density at radius 1 is 1.47 bits per heavy atom. The van der Waals surface area contributed by atoms with Gasteiger partial charge < -0.3 is 19.2 Å². The van der Waals surface area contributed by atoms with Crippen LogP contribution >= 0.6 is 0 Å². The van der Waals surface area contributed by atoms with Crippen molar-refractivity contribution in [1.82, 2.24) is 4.90 Å². The van der Waals surface area contributed by atoms with E-state index in [1.54, 1.807) is 12.1 Å². The predicted octanol–water partition coefficient (Wildman–Crippen LogP) is 1.38. The summed E-state index contributed by atoms with van der Waals surface area (Å²) >= 11 is 0. The first-order valence-electron chi connectivity index (χ1n) is 6.33. The summed E-state index contributed by atoms with van der Waals surface area (Å²) in [6.07, 6.45) is 3.21. The zero-order valence-corrected chi connectivity index (χ0v) is 10.6. The first kappa shape index (κ1) is 13.6. The van der Waals surface area contributed by atoms with Gasteiger partial charge in [-0.2, -0.15) is 0 Å². The standard InChI is InChI=1S/C13H17NO5/c15-12(16)5-6-14(9-10-3-1-7-18-10)13(17)11-4-2-8-19-11/h2,4,8,10H,1,3,5-7,9H2,(H,15,16). The Hall–Kier alpha value is -1.82. The van der Waals surface area contributed by atoms with Gasteiger partial charge in [-0.15, -0.1) is 0 Å². The van der Waals surface area contributed by atoms with Crippen LogP contribution in [0.5, 0.6) is 0 Å². The molecule has 1 unspecified atom stereocenters. The van der Waals surface area contributed by atoms with Crippen LogP contribution < -0.4 is 0 Å². The van der Waals surface area contributed by atoms with Crippen LogP contribution in [0.2, 0.25) is 0 Å². The van der Waals surface area contributed by atoms with Crippen molar-refractivity contribution < 1.29 is 23.8 Å². The summed E-state index contributed by atoms with van der Waals surface area (Å²) in [6.45, 7) is 1.27. The number of nitrogens with zero attached hydrogens (tertiary/aromatic N) is 1. The molecule has 1 N–H and O–H groups in total. The molecule has 1 fully saturated rings. The van der Waals surface area contributed by atoms with E-state index in [-0.39, 0.29) is 30.7 Å². The van der Waals surface area contributed by atoms with Gasteiger partial charge in [-0.05, 0) is 25.0 Å². The summed E-state index contributed by atoms with van der Waals surface area (Å²) in [5.74, 6) is -0.991. The smallest absolute Gasteiger partial charge is 0.305 e. The molecular weight excluding hydrogens is 250 g/mol. The molecule has 0 spiro atoms. The minimum atomic E-state index is -0.926. The molecule has 1 atom stereocenters. The molecule has 1 aliphatic heterocycles. The highest BCUT2D eigenvalue weighted by molar-refractivity contribution is 5.91. The van der Waals surface area contributed by atoms with Gasteiger partial charge in [-0.1, -0.05) is 0 Å². The van der Waals surface area contributed by atoms with Crippen LogP contribution in [0.25, 0.3) is 0 Å². The summed E-state index contributed by atoms with van der Waals surface area (Å²) < 4.78 is 10.6. The van der Waals surface area contributed by atoms with Crippen LogP contribution in [0.1, 0.15) is 29.8 Å². The zero-order valence-electron chi connectivity index (χ0n) is 10.6. The molecule has 0 bridgehead atoms. The largest absolute Gasteiger partial charge is 0.481 e. The number of carboxylic acid groups (broad SMARTS) is 1. The van der Waals surface area contributed by atoms with Crippen LogP contribution in [0.4, 0.5) is 0 Å². The lowest BCUT2D eigenvalue weighted by Gasteiger charge is -2.23. The van der Waals surface area contributed by atoms with Gasteiger partial charge in [0, 0.05) is 19.7 Å². The second kappa shape index (κ2) is 6.38. The third kappa shape index (κ3) is 3.82. The van der Waals surface area contributed by atoms with Gasteiger partial charge in [-0.25, -0.2) is 0 Å². The van der Waals surface area contributed by atoms with Crippen LogP contribution in [-0.2, 0) is 9.53 Å². The molecule has 1 saturated heterocycles. The molecule has 2 rings (SSSR count). The third-order valence-electron chi connectivity index (χ3n) is 3.06. The molecule has 0 saturated carbocycles. The summed E-state index contributed by atoms with van der Waals surface area (Å²) in [5, 5.41) is 8.74. The fourth-order valence-electron chi connectivity index (χ4n) is 2.10. The normalized spacial score (nSPS) is 18.4. The number of carboxylic acids is 1. The average Bonchev–Trinajstić information content (AvgIpc) is 3.06. The van der Waals surface area contributed by atoms with Crippen molar-refractivity contribution in [3.8, 4) is 0 Å². The first-order valence-corrected chi connectivity index (χ1v) is 6.33. The fraction of sp³-hybridized carbons (Fsp3) is 0.538. The average molecular weight is 267 g/mol. The highest BCUT2D eigenvalue weighted by Gasteiger charge is 2.25. The van der Waals surface area contributed by atoms with Crippen LogP contribution in [0.15, 0.2) is 22.8 Å². The minimum absolute atomic E-state index is 0.00675. The monoisotopic (exact) mass is 267 g/mol. The number of furan rings is 1. The Balaban J connectivity index is 1.99. The molecule has 1 aromatic rings. The lowest BCUT2D eigenvalue weighted by molar-refractivity contribution is -0.137. The predicted molar refractivity (Wildman–Crippen MR) is 65.8 cm³/mol. The van der Waals surface area contributed by atoms with Crippen LogP contribution in [0, 0.1) is 0 Å². The highest BCUT2D eigenvalue weighted by atomic mass is 16.5. The molecule has 104 valence electrons. The Bertz CT molecular complexity index is 422. The van der Waals surface area contributed by atoms with Gasteiger partial charge in [0.25, 0.3) is 5.91 Å². The van der Waals surface area contributed by atoms with Gasteiger partial charge in [0.15, 0.2) is 5.76 Å². The maximum absolute atomic E-state index is 12.2. The third-order valence-corrected chi connectivity index (χ3v) is 3.06. The van der Waals surface area contributed by atoms with Crippen molar-refractivity contribution in [3.63, 3.8) is 0 Å². The molecule has 1 amide bonds. The number of hydrogen-bond donors (Lipinski definition) is 1. The molecule has 6 heteroatoms. The van der Waals surface area contributed by atoms with E-state index < -0.39 is 5.97 Å². The molecule has 1 aliphatic rings. The van der Waals surface area contributed by atoms with E-state index in [0.717, 1.165) is 12.8 Å². The van der Waals surface area contributed by atoms with E-state index >= 15 is 0 Å². The second-order valence-corrected chi connectivity index (χ2v) is 4.51. The van der Waals surface area contributed by atoms with Crippen molar-refractivity contribution in [2.45, 2.75) is 25.4 Å². The maximum atomic E-state index is 12.2. The molecule has 0 aliphatic carbocycles. The number of carbonyl (C=O) groups excluding carboxylic acids is 1. The molecule has 0 aromatic carbocycles. The second-order valence-electron chi connectivity index (χ2n) is 4.51. The zero-order chi connectivity index (χ0) is 13.7. The van der Waals surface area contributed by atoms with E-state index in [2.05, 4.69) is 0 Å². The Kier molecular flexibility index (Phi) is 4.57. The first-order chi connectivity index (χ1) is 9.16. The van der Waals surface area contributed by atoms with E-state index in [1.807, 2.05) is 0 Å². The van der Waals surface area contributed by atoms with Crippen molar-refractivity contribution in [2.24, 2.45) is 0 Å². The van der Waals surface area contributed by atoms with E-state index in [9.17, 15) is 9.59 Å². The number of amides is 1. The quantitative estimate of drug-likeness (QED) is 0.842. The van der Waals surface area contributed by atoms with Crippen LogP contribution in [0.3, 0.4) is 0 Å². The van der Waals surface area contributed by atoms with E-state index in [4.69, 9.17) is 14.3 Å². The molecule has 19 heavy (non-hydrogen) atoms. The number of carbonyl (C=O) groups is 2. The SMILES string of the molecule is O=C(O)CCN(CC1CCCO1)C(=O)c1ccco1. The highest BCUT2D eigenvalue weighted by Crippen LogP contribution is 2.15. The molecule has 1 aromatic heterocycles. The van der Waals surface area contributed by atoms with Crippen LogP contribution in [-0.4, -0.2) is 47.7 Å². The van der Waals surface area contributed by atoms with Crippen molar-refractivity contribution >= 4 is 11.9 Å². The van der Waals surface area contributed by atoms with E-state index in [0.29, 0.717) is 13.2 Å². The summed E-state index contributed by atoms with van der Waals surface area (Å²) in [4.78, 5) is 24.3.